The smallest absolute Gasteiger partial charge is 0.442 e. The Morgan fingerprint density at radius 1 is 1.08 bits per heavy atom. The minimum atomic E-state index is -1.03. The van der Waals surface area contributed by atoms with Crippen LogP contribution in [0.2, 0.25) is 0 Å². The molecule has 0 bridgehead atoms. The summed E-state index contributed by atoms with van der Waals surface area (Å²) in [6.07, 6.45) is 0. The summed E-state index contributed by atoms with van der Waals surface area (Å²) in [5, 5.41) is 13.1. The fourth-order valence-electron chi connectivity index (χ4n) is 2.31. The van der Waals surface area contributed by atoms with Gasteiger partial charge in [-0.2, -0.15) is 4.68 Å². The lowest BCUT2D eigenvalue weighted by atomic mass is 10.0. The number of rotatable bonds is 4. The van der Waals surface area contributed by atoms with E-state index in [9.17, 15) is 9.59 Å². The van der Waals surface area contributed by atoms with Crippen molar-refractivity contribution in [2.45, 2.75) is 19.8 Å². The molecule has 0 atom stereocenters. The first kappa shape index (κ1) is 15.7. The minimum Gasteiger partial charge on any atom is -0.478 e. The van der Waals surface area contributed by atoms with E-state index in [0.717, 1.165) is 4.68 Å². The van der Waals surface area contributed by atoms with Gasteiger partial charge in [-0.1, -0.05) is 26.0 Å². The van der Waals surface area contributed by atoms with E-state index in [1.54, 1.807) is 0 Å². The number of hydrogen-bond acceptors (Lipinski definition) is 4. The Bertz CT molecular complexity index is 919. The van der Waals surface area contributed by atoms with Crippen LogP contribution in [-0.4, -0.2) is 20.9 Å². The summed E-state index contributed by atoms with van der Waals surface area (Å²) in [5.41, 5.74) is 2.47. The second kappa shape index (κ2) is 6.16. The molecule has 1 heterocycles. The maximum atomic E-state index is 12.0. The van der Waals surface area contributed by atoms with Crippen molar-refractivity contribution in [2.24, 2.45) is 0 Å². The van der Waals surface area contributed by atoms with Crippen LogP contribution in [0.1, 0.15) is 35.7 Å². The Morgan fingerprint density at radius 3 is 2.25 bits per heavy atom. The highest BCUT2D eigenvalue weighted by molar-refractivity contribution is 5.87. The molecular weight excluding hydrogens is 308 g/mol. The van der Waals surface area contributed by atoms with E-state index >= 15 is 0 Å². The molecule has 0 unspecified atom stereocenters. The van der Waals surface area contributed by atoms with Crippen LogP contribution < -0.4 is 5.76 Å². The van der Waals surface area contributed by atoms with Crippen LogP contribution in [0.15, 0.2) is 57.7 Å². The number of carbonyl (C=O) groups is 1. The second-order valence-electron chi connectivity index (χ2n) is 5.71. The second-order valence-corrected chi connectivity index (χ2v) is 5.71. The van der Waals surface area contributed by atoms with Crippen molar-refractivity contribution in [2.75, 3.05) is 0 Å². The van der Waals surface area contributed by atoms with E-state index in [0.29, 0.717) is 17.2 Å². The Morgan fingerprint density at radius 2 is 1.71 bits per heavy atom. The van der Waals surface area contributed by atoms with E-state index < -0.39 is 11.7 Å². The van der Waals surface area contributed by atoms with Crippen LogP contribution in [0.4, 0.5) is 0 Å². The molecule has 3 aromatic rings. The third-order valence-electron chi connectivity index (χ3n) is 3.73. The maximum Gasteiger partial charge on any atom is 0.442 e. The SMILES string of the molecule is CC(C)c1ccc(-c2nn(-c3ccc(C(=O)O)cc3)c(=O)o2)cc1. The monoisotopic (exact) mass is 324 g/mol. The molecule has 0 aliphatic carbocycles. The van der Waals surface area contributed by atoms with E-state index in [1.165, 1.54) is 29.8 Å². The summed E-state index contributed by atoms with van der Waals surface area (Å²) in [5.74, 6) is -1.02. The molecule has 6 heteroatoms. The van der Waals surface area contributed by atoms with Crippen molar-refractivity contribution in [1.82, 2.24) is 9.78 Å². The fraction of sp³-hybridized carbons (Fsp3) is 0.167. The largest absolute Gasteiger partial charge is 0.478 e. The van der Waals surface area contributed by atoms with E-state index in [4.69, 9.17) is 9.52 Å². The molecule has 2 aromatic carbocycles. The molecular formula is C18H16N2O4. The predicted molar refractivity (Wildman–Crippen MR) is 88.6 cm³/mol. The average molecular weight is 324 g/mol. The Labute approximate surface area is 138 Å². The quantitative estimate of drug-likeness (QED) is 0.795. The maximum absolute atomic E-state index is 12.0. The lowest BCUT2D eigenvalue weighted by Gasteiger charge is -2.04. The lowest BCUT2D eigenvalue weighted by Crippen LogP contribution is -2.13. The molecule has 0 aliphatic heterocycles. The van der Waals surface area contributed by atoms with Gasteiger partial charge in [0.2, 0.25) is 5.89 Å². The summed E-state index contributed by atoms with van der Waals surface area (Å²) in [6, 6.07) is 13.5. The predicted octanol–water partition coefficient (Wildman–Crippen LogP) is 3.31. The first-order chi connectivity index (χ1) is 11.5. The number of hydrogen-bond donors (Lipinski definition) is 1. The molecule has 0 saturated carbocycles. The molecule has 0 aliphatic rings. The molecule has 1 N–H and O–H groups in total. The van der Waals surface area contributed by atoms with Gasteiger partial charge in [-0.25, -0.2) is 9.59 Å². The third kappa shape index (κ3) is 2.99. The molecule has 0 spiro atoms. The molecule has 3 rings (SSSR count). The molecule has 24 heavy (non-hydrogen) atoms. The zero-order valence-electron chi connectivity index (χ0n) is 13.3. The van der Waals surface area contributed by atoms with Crippen LogP contribution in [-0.2, 0) is 0 Å². The van der Waals surface area contributed by atoms with Gasteiger partial charge >= 0.3 is 11.7 Å². The van der Waals surface area contributed by atoms with Crippen LogP contribution in [0.25, 0.3) is 17.1 Å². The van der Waals surface area contributed by atoms with Crippen molar-refractivity contribution in [3.63, 3.8) is 0 Å². The zero-order valence-corrected chi connectivity index (χ0v) is 13.3. The van der Waals surface area contributed by atoms with Crippen molar-refractivity contribution in [3.8, 4) is 17.1 Å². The fourth-order valence-corrected chi connectivity index (χ4v) is 2.31. The molecule has 0 fully saturated rings. The Hall–Kier alpha value is -3.15. The van der Waals surface area contributed by atoms with Gasteiger partial charge in [0.15, 0.2) is 0 Å². The summed E-state index contributed by atoms with van der Waals surface area (Å²) < 4.78 is 6.32. The summed E-state index contributed by atoms with van der Waals surface area (Å²) in [6.45, 7) is 4.20. The first-order valence-corrected chi connectivity index (χ1v) is 7.50. The summed E-state index contributed by atoms with van der Waals surface area (Å²) >= 11 is 0. The van der Waals surface area contributed by atoms with Gasteiger partial charge in [0.25, 0.3) is 0 Å². The highest BCUT2D eigenvalue weighted by Gasteiger charge is 2.13. The van der Waals surface area contributed by atoms with Gasteiger partial charge in [0.1, 0.15) is 0 Å². The first-order valence-electron chi connectivity index (χ1n) is 7.50. The number of carboxylic acids is 1. The number of nitrogens with zero attached hydrogens (tertiary/aromatic N) is 2. The third-order valence-corrected chi connectivity index (χ3v) is 3.73. The highest BCUT2D eigenvalue weighted by Crippen LogP contribution is 2.21. The van der Waals surface area contributed by atoms with Gasteiger partial charge in [-0.05, 0) is 47.9 Å². The van der Waals surface area contributed by atoms with Crippen molar-refractivity contribution in [3.05, 3.63) is 70.2 Å². The van der Waals surface area contributed by atoms with Gasteiger partial charge < -0.3 is 9.52 Å². The number of benzene rings is 2. The minimum absolute atomic E-state index is 0.139. The van der Waals surface area contributed by atoms with Crippen molar-refractivity contribution in [1.29, 1.82) is 0 Å². The number of aromatic carboxylic acids is 1. The van der Waals surface area contributed by atoms with Gasteiger partial charge in [-0.15, -0.1) is 5.10 Å². The highest BCUT2D eigenvalue weighted by atomic mass is 16.4. The van der Waals surface area contributed by atoms with Gasteiger partial charge in [0.05, 0.1) is 11.3 Å². The van der Waals surface area contributed by atoms with E-state index in [1.807, 2.05) is 24.3 Å². The molecule has 0 saturated heterocycles. The van der Waals surface area contributed by atoms with Gasteiger partial charge in [-0.3, -0.25) is 0 Å². The molecule has 6 nitrogen and oxygen atoms in total. The standard InChI is InChI=1S/C18H16N2O4/c1-11(2)12-3-5-13(6-4-12)16-19-20(18(23)24-16)15-9-7-14(8-10-15)17(21)22/h3-11H,1-2H3,(H,21,22). The van der Waals surface area contributed by atoms with Crippen molar-refractivity contribution < 1.29 is 14.3 Å². The van der Waals surface area contributed by atoms with Gasteiger partial charge in [0, 0.05) is 5.56 Å². The van der Waals surface area contributed by atoms with Crippen LogP contribution in [0, 0.1) is 0 Å². The normalized spacial score (nSPS) is 11.0. The van der Waals surface area contributed by atoms with Crippen LogP contribution >= 0.6 is 0 Å². The molecule has 0 amide bonds. The Balaban J connectivity index is 1.95. The summed E-state index contributed by atoms with van der Waals surface area (Å²) in [4.78, 5) is 22.9. The Kier molecular flexibility index (Phi) is 4.04. The van der Waals surface area contributed by atoms with Crippen molar-refractivity contribution >= 4 is 5.97 Å². The summed E-state index contributed by atoms with van der Waals surface area (Å²) in [7, 11) is 0. The molecule has 0 radical (unpaired) electrons. The lowest BCUT2D eigenvalue weighted by molar-refractivity contribution is 0.0697. The molecule has 1 aromatic heterocycles. The van der Waals surface area contributed by atoms with E-state index in [-0.39, 0.29) is 11.5 Å². The molecule has 122 valence electrons. The number of aromatic nitrogens is 2. The average Bonchev–Trinajstić information content (AvgIpc) is 2.97. The van der Waals surface area contributed by atoms with Crippen LogP contribution in [0.3, 0.4) is 0 Å². The van der Waals surface area contributed by atoms with E-state index in [2.05, 4.69) is 18.9 Å². The topological polar surface area (TPSA) is 85.3 Å². The zero-order chi connectivity index (χ0) is 17.3. The number of carboxylic acid groups (broad SMARTS) is 1. The van der Waals surface area contributed by atoms with Crippen LogP contribution in [0.5, 0.6) is 0 Å².